The van der Waals surface area contributed by atoms with Crippen molar-refractivity contribution in [2.24, 2.45) is 0 Å². The van der Waals surface area contributed by atoms with Crippen LogP contribution in [0.5, 0.6) is 0 Å². The van der Waals surface area contributed by atoms with Crippen molar-refractivity contribution in [3.63, 3.8) is 0 Å². The minimum Gasteiger partial charge on any atom is -0.346 e. The highest BCUT2D eigenvalue weighted by atomic mass is 32.2. The average Bonchev–Trinajstić information content (AvgIpc) is 2.74. The molecule has 2 aromatic carbocycles. The van der Waals surface area contributed by atoms with Gasteiger partial charge in [-0.3, -0.25) is 4.79 Å². The molecule has 0 saturated heterocycles. The zero-order valence-corrected chi connectivity index (χ0v) is 20.9. The Labute approximate surface area is 191 Å². The highest BCUT2D eigenvalue weighted by Gasteiger charge is 2.24. The number of carbonyl (C=O) groups is 1. The van der Waals surface area contributed by atoms with Crippen LogP contribution < -0.4 is 5.32 Å². The molecule has 2 rings (SSSR count). The Kier molecular flexibility index (Phi) is 8.22. The first-order valence-electron chi connectivity index (χ1n) is 10.3. The number of nitrogens with zero attached hydrogens (tertiary/aromatic N) is 2. The normalized spacial score (nSPS) is 13.4. The molecule has 0 fully saturated rings. The second-order valence-corrected chi connectivity index (χ2v) is 11.7. The summed E-state index contributed by atoms with van der Waals surface area (Å²) in [6.07, 6.45) is 0. The number of hydrogen-bond acceptors (Lipinski definition) is 5. The molecule has 0 bridgehead atoms. The van der Waals surface area contributed by atoms with Crippen molar-refractivity contribution in [1.29, 1.82) is 0 Å². The molecule has 2 aromatic rings. The molecule has 0 aliphatic carbocycles. The third-order valence-electron chi connectivity index (χ3n) is 5.30. The van der Waals surface area contributed by atoms with E-state index in [1.807, 2.05) is 0 Å². The molecule has 1 atom stereocenters. The van der Waals surface area contributed by atoms with Gasteiger partial charge in [-0.1, -0.05) is 32.0 Å². The molecular weight excluding hydrogens is 450 g/mol. The third kappa shape index (κ3) is 5.37. The van der Waals surface area contributed by atoms with Gasteiger partial charge in [0.25, 0.3) is 5.91 Å². The molecule has 0 aromatic heterocycles. The van der Waals surface area contributed by atoms with Crippen LogP contribution in [0.1, 0.15) is 48.3 Å². The van der Waals surface area contributed by atoms with Crippen LogP contribution >= 0.6 is 0 Å². The van der Waals surface area contributed by atoms with E-state index in [9.17, 15) is 21.6 Å². The topological polar surface area (TPSA) is 104 Å². The van der Waals surface area contributed by atoms with Gasteiger partial charge < -0.3 is 5.32 Å². The molecule has 0 radical (unpaired) electrons. The molecule has 10 heteroatoms. The highest BCUT2D eigenvalue weighted by molar-refractivity contribution is 7.89. The van der Waals surface area contributed by atoms with E-state index >= 15 is 0 Å². The van der Waals surface area contributed by atoms with E-state index in [0.717, 1.165) is 9.87 Å². The maximum absolute atomic E-state index is 12.9. The standard InChI is InChI=1S/C22H31N3O5S2/c1-7-25(8-2)32(29,30)20-12-9-16(3)21(15-20)22(26)23-17(4)18-10-13-19(14-11-18)31(27,28)24(5)6/h9-15,17H,7-8H2,1-6H3,(H,23,26). The van der Waals surface area contributed by atoms with Gasteiger partial charge >= 0.3 is 0 Å². The van der Waals surface area contributed by atoms with E-state index in [-0.39, 0.29) is 15.4 Å². The lowest BCUT2D eigenvalue weighted by Gasteiger charge is -2.20. The Bertz CT molecular complexity index is 1170. The first-order chi connectivity index (χ1) is 14.9. The number of benzene rings is 2. The quantitative estimate of drug-likeness (QED) is 0.593. The fraction of sp³-hybridized carbons (Fsp3) is 0.409. The molecule has 1 N–H and O–H groups in total. The van der Waals surface area contributed by atoms with E-state index in [4.69, 9.17) is 0 Å². The van der Waals surface area contributed by atoms with Gasteiger partial charge in [0.15, 0.2) is 0 Å². The predicted molar refractivity (Wildman–Crippen MR) is 124 cm³/mol. The first-order valence-corrected chi connectivity index (χ1v) is 13.2. The number of aryl methyl sites for hydroxylation is 1. The van der Waals surface area contributed by atoms with Gasteiger partial charge in [0.2, 0.25) is 20.0 Å². The molecule has 32 heavy (non-hydrogen) atoms. The van der Waals surface area contributed by atoms with Crippen molar-refractivity contribution < 1.29 is 21.6 Å². The summed E-state index contributed by atoms with van der Waals surface area (Å²) < 4.78 is 52.6. The summed E-state index contributed by atoms with van der Waals surface area (Å²) in [5.74, 6) is -0.406. The Morgan fingerprint density at radius 2 is 1.44 bits per heavy atom. The lowest BCUT2D eigenvalue weighted by molar-refractivity contribution is 0.0939. The minimum absolute atomic E-state index is 0.0721. The predicted octanol–water partition coefficient (Wildman–Crippen LogP) is 2.77. The maximum Gasteiger partial charge on any atom is 0.252 e. The van der Waals surface area contributed by atoms with Crippen LogP contribution in [0.3, 0.4) is 0 Å². The van der Waals surface area contributed by atoms with Crippen LogP contribution in [0.4, 0.5) is 0 Å². The lowest BCUT2D eigenvalue weighted by Crippen LogP contribution is -2.31. The Balaban J connectivity index is 2.27. The highest BCUT2D eigenvalue weighted by Crippen LogP contribution is 2.22. The van der Waals surface area contributed by atoms with Gasteiger partial charge in [0.05, 0.1) is 15.8 Å². The van der Waals surface area contributed by atoms with Crippen molar-refractivity contribution in [3.05, 3.63) is 59.2 Å². The Morgan fingerprint density at radius 1 is 0.906 bits per heavy atom. The van der Waals surface area contributed by atoms with E-state index in [1.165, 1.54) is 42.7 Å². The van der Waals surface area contributed by atoms with Crippen LogP contribution in [-0.2, 0) is 20.0 Å². The molecule has 176 valence electrons. The van der Waals surface area contributed by atoms with Crippen LogP contribution in [-0.4, -0.2) is 58.5 Å². The van der Waals surface area contributed by atoms with Crippen molar-refractivity contribution in [3.8, 4) is 0 Å². The van der Waals surface area contributed by atoms with Gasteiger partial charge in [0.1, 0.15) is 0 Å². The molecule has 1 unspecified atom stereocenters. The van der Waals surface area contributed by atoms with Crippen molar-refractivity contribution >= 4 is 26.0 Å². The van der Waals surface area contributed by atoms with E-state index in [2.05, 4.69) is 5.32 Å². The molecule has 0 saturated carbocycles. The summed E-state index contributed by atoms with van der Waals surface area (Å²) in [5, 5.41) is 2.86. The monoisotopic (exact) mass is 481 g/mol. The van der Waals surface area contributed by atoms with Crippen LogP contribution in [0.15, 0.2) is 52.3 Å². The summed E-state index contributed by atoms with van der Waals surface area (Å²) >= 11 is 0. The lowest BCUT2D eigenvalue weighted by atomic mass is 10.1. The number of hydrogen-bond donors (Lipinski definition) is 1. The smallest absolute Gasteiger partial charge is 0.252 e. The van der Waals surface area contributed by atoms with Crippen LogP contribution in [0.2, 0.25) is 0 Å². The van der Waals surface area contributed by atoms with Crippen LogP contribution in [0, 0.1) is 6.92 Å². The number of nitrogens with one attached hydrogen (secondary N) is 1. The molecule has 8 nitrogen and oxygen atoms in total. The Hall–Kier alpha value is -2.27. The molecule has 0 heterocycles. The number of rotatable bonds is 9. The summed E-state index contributed by atoms with van der Waals surface area (Å²) in [6, 6.07) is 10.4. The Morgan fingerprint density at radius 3 is 1.94 bits per heavy atom. The van der Waals surface area contributed by atoms with Crippen molar-refractivity contribution in [2.75, 3.05) is 27.2 Å². The molecule has 0 aliphatic rings. The summed E-state index contributed by atoms with van der Waals surface area (Å²) in [5.41, 5.74) is 1.65. The van der Waals surface area contributed by atoms with Gasteiger partial charge in [0, 0.05) is 32.7 Å². The van der Waals surface area contributed by atoms with Crippen LogP contribution in [0.25, 0.3) is 0 Å². The summed E-state index contributed by atoms with van der Waals surface area (Å²) in [7, 11) is -4.30. The van der Waals surface area contributed by atoms with E-state index in [0.29, 0.717) is 18.7 Å². The third-order valence-corrected chi connectivity index (χ3v) is 9.18. The van der Waals surface area contributed by atoms with E-state index < -0.39 is 32.0 Å². The van der Waals surface area contributed by atoms with Gasteiger partial charge in [-0.05, 0) is 49.2 Å². The molecule has 0 spiro atoms. The summed E-state index contributed by atoms with van der Waals surface area (Å²) in [4.78, 5) is 13.2. The first kappa shape index (κ1) is 26.0. The minimum atomic E-state index is -3.69. The fourth-order valence-electron chi connectivity index (χ4n) is 3.22. The maximum atomic E-state index is 12.9. The SMILES string of the molecule is CCN(CC)S(=O)(=O)c1ccc(C)c(C(=O)NC(C)c2ccc(S(=O)(=O)N(C)C)cc2)c1. The van der Waals surface area contributed by atoms with Gasteiger partial charge in [-0.25, -0.2) is 21.1 Å². The molecule has 0 aliphatic heterocycles. The number of amides is 1. The number of carbonyl (C=O) groups excluding carboxylic acids is 1. The number of sulfonamides is 2. The fourth-order valence-corrected chi connectivity index (χ4v) is 5.60. The molecular formula is C22H31N3O5S2. The zero-order chi connectivity index (χ0) is 24.3. The van der Waals surface area contributed by atoms with Crippen molar-refractivity contribution in [1.82, 2.24) is 13.9 Å². The second kappa shape index (κ2) is 10.1. The van der Waals surface area contributed by atoms with Crippen molar-refractivity contribution in [2.45, 2.75) is 43.5 Å². The van der Waals surface area contributed by atoms with Gasteiger partial charge in [-0.15, -0.1) is 0 Å². The second-order valence-electron chi connectivity index (χ2n) is 7.62. The largest absolute Gasteiger partial charge is 0.346 e. The zero-order valence-electron chi connectivity index (χ0n) is 19.3. The summed E-state index contributed by atoms with van der Waals surface area (Å²) in [6.45, 7) is 7.72. The van der Waals surface area contributed by atoms with E-state index in [1.54, 1.807) is 45.9 Å². The van der Waals surface area contributed by atoms with Gasteiger partial charge in [-0.2, -0.15) is 4.31 Å². The molecule has 1 amide bonds. The average molecular weight is 482 g/mol.